The predicted octanol–water partition coefficient (Wildman–Crippen LogP) is 0.743. The summed E-state index contributed by atoms with van der Waals surface area (Å²) >= 11 is 0. The first-order valence-electron chi connectivity index (χ1n) is 4.37. The second kappa shape index (κ2) is 4.76. The molecule has 5 nitrogen and oxygen atoms in total. The van der Waals surface area contributed by atoms with Gasteiger partial charge in [-0.1, -0.05) is 0 Å². The Morgan fingerprint density at radius 3 is 2.93 bits per heavy atom. The van der Waals surface area contributed by atoms with E-state index in [9.17, 15) is 4.79 Å². The van der Waals surface area contributed by atoms with Crippen LogP contribution in [0, 0.1) is 0 Å². The van der Waals surface area contributed by atoms with Crippen LogP contribution in [0.2, 0.25) is 0 Å². The molecule has 0 fully saturated rings. The highest BCUT2D eigenvalue weighted by Gasteiger charge is 2.15. The SMILES string of the molecule is CCOC(=O)c1cn(C)nc1COC. The summed E-state index contributed by atoms with van der Waals surface area (Å²) in [6.45, 7) is 2.44. The van der Waals surface area contributed by atoms with Gasteiger partial charge in [0.15, 0.2) is 0 Å². The lowest BCUT2D eigenvalue weighted by atomic mass is 10.2. The van der Waals surface area contributed by atoms with E-state index in [0.29, 0.717) is 24.5 Å². The minimum atomic E-state index is -0.354. The summed E-state index contributed by atoms with van der Waals surface area (Å²) < 4.78 is 11.4. The summed E-state index contributed by atoms with van der Waals surface area (Å²) in [4.78, 5) is 11.4. The molecule has 5 heteroatoms. The third-order valence-corrected chi connectivity index (χ3v) is 1.68. The Morgan fingerprint density at radius 2 is 2.36 bits per heavy atom. The third kappa shape index (κ3) is 2.32. The van der Waals surface area contributed by atoms with E-state index in [1.165, 1.54) is 0 Å². The fourth-order valence-electron chi connectivity index (χ4n) is 1.16. The molecule has 0 bridgehead atoms. The molecule has 0 aromatic carbocycles. The van der Waals surface area contributed by atoms with Gasteiger partial charge in [-0.05, 0) is 6.92 Å². The van der Waals surface area contributed by atoms with Gasteiger partial charge in [0, 0.05) is 20.4 Å². The Kier molecular flexibility index (Phi) is 3.64. The molecule has 78 valence electrons. The zero-order chi connectivity index (χ0) is 10.6. The largest absolute Gasteiger partial charge is 0.462 e. The normalized spacial score (nSPS) is 10.2. The second-order valence-corrected chi connectivity index (χ2v) is 2.82. The lowest BCUT2D eigenvalue weighted by Gasteiger charge is -2.00. The Morgan fingerprint density at radius 1 is 1.64 bits per heavy atom. The van der Waals surface area contributed by atoms with Crippen molar-refractivity contribution in [3.63, 3.8) is 0 Å². The van der Waals surface area contributed by atoms with Crippen LogP contribution < -0.4 is 0 Å². The number of aryl methyl sites for hydroxylation is 1. The number of methoxy groups -OCH3 is 1. The summed E-state index contributed by atoms with van der Waals surface area (Å²) in [5.74, 6) is -0.354. The maximum atomic E-state index is 11.4. The average Bonchev–Trinajstić information content (AvgIpc) is 2.48. The van der Waals surface area contributed by atoms with Crippen molar-refractivity contribution >= 4 is 5.97 Å². The molecule has 1 rings (SSSR count). The maximum Gasteiger partial charge on any atom is 0.341 e. The Hall–Kier alpha value is -1.36. The summed E-state index contributed by atoms with van der Waals surface area (Å²) in [7, 11) is 3.31. The van der Waals surface area contributed by atoms with Crippen molar-refractivity contribution < 1.29 is 14.3 Å². The first kappa shape index (κ1) is 10.7. The molecule has 0 saturated carbocycles. The predicted molar refractivity (Wildman–Crippen MR) is 49.9 cm³/mol. The van der Waals surface area contributed by atoms with E-state index >= 15 is 0 Å². The number of aromatic nitrogens is 2. The standard InChI is InChI=1S/C9H14N2O3/c1-4-14-9(12)7-5-11(2)10-8(7)6-13-3/h5H,4,6H2,1-3H3. The van der Waals surface area contributed by atoms with E-state index in [2.05, 4.69) is 5.10 Å². The first-order chi connectivity index (χ1) is 6.69. The molecule has 0 amide bonds. The van der Waals surface area contributed by atoms with Gasteiger partial charge >= 0.3 is 5.97 Å². The van der Waals surface area contributed by atoms with Gasteiger partial charge in [-0.25, -0.2) is 4.79 Å². The Balaban J connectivity index is 2.88. The van der Waals surface area contributed by atoms with Crippen LogP contribution in [0.1, 0.15) is 23.0 Å². The van der Waals surface area contributed by atoms with Crippen LogP contribution in [-0.2, 0) is 23.1 Å². The molecule has 0 aliphatic rings. The summed E-state index contributed by atoms with van der Waals surface area (Å²) in [6, 6.07) is 0. The molecule has 0 atom stereocenters. The van der Waals surface area contributed by atoms with Crippen LogP contribution in [0.15, 0.2) is 6.20 Å². The highest BCUT2D eigenvalue weighted by Crippen LogP contribution is 2.09. The third-order valence-electron chi connectivity index (χ3n) is 1.68. The molecular formula is C9H14N2O3. The molecule has 0 aliphatic carbocycles. The van der Waals surface area contributed by atoms with E-state index < -0.39 is 0 Å². The Labute approximate surface area is 82.6 Å². The van der Waals surface area contributed by atoms with Crippen LogP contribution in [0.25, 0.3) is 0 Å². The molecular weight excluding hydrogens is 184 g/mol. The van der Waals surface area contributed by atoms with Crippen LogP contribution in [-0.4, -0.2) is 29.5 Å². The molecule has 0 saturated heterocycles. The van der Waals surface area contributed by atoms with Gasteiger partial charge < -0.3 is 9.47 Å². The van der Waals surface area contributed by atoms with E-state index in [1.807, 2.05) is 0 Å². The van der Waals surface area contributed by atoms with Crippen LogP contribution in [0.3, 0.4) is 0 Å². The van der Waals surface area contributed by atoms with E-state index in [4.69, 9.17) is 9.47 Å². The molecule has 0 unspecified atom stereocenters. The quantitative estimate of drug-likeness (QED) is 0.670. The number of rotatable bonds is 4. The van der Waals surface area contributed by atoms with Crippen molar-refractivity contribution in [1.29, 1.82) is 0 Å². The number of carbonyl (C=O) groups is 1. The Bertz CT molecular complexity index is 320. The minimum absolute atomic E-state index is 0.314. The number of carbonyl (C=O) groups excluding carboxylic acids is 1. The van der Waals surface area contributed by atoms with Gasteiger partial charge in [-0.2, -0.15) is 5.10 Å². The number of ether oxygens (including phenoxy) is 2. The molecule has 1 aromatic rings. The number of hydrogen-bond acceptors (Lipinski definition) is 4. The minimum Gasteiger partial charge on any atom is -0.462 e. The number of hydrogen-bond donors (Lipinski definition) is 0. The lowest BCUT2D eigenvalue weighted by Crippen LogP contribution is -2.07. The van der Waals surface area contributed by atoms with Crippen LogP contribution >= 0.6 is 0 Å². The number of esters is 1. The van der Waals surface area contributed by atoms with E-state index in [1.54, 1.807) is 32.0 Å². The average molecular weight is 198 g/mol. The van der Waals surface area contributed by atoms with Crippen molar-refractivity contribution in [1.82, 2.24) is 9.78 Å². The summed E-state index contributed by atoms with van der Waals surface area (Å²) in [5, 5.41) is 4.09. The molecule has 0 aliphatic heterocycles. The van der Waals surface area contributed by atoms with Gasteiger partial charge in [-0.15, -0.1) is 0 Å². The van der Waals surface area contributed by atoms with Gasteiger partial charge in [0.25, 0.3) is 0 Å². The molecule has 0 N–H and O–H groups in total. The highest BCUT2D eigenvalue weighted by atomic mass is 16.5. The van der Waals surface area contributed by atoms with Crippen LogP contribution in [0.5, 0.6) is 0 Å². The first-order valence-corrected chi connectivity index (χ1v) is 4.37. The summed E-state index contributed by atoms with van der Waals surface area (Å²) in [5.41, 5.74) is 1.07. The van der Waals surface area contributed by atoms with Crippen molar-refractivity contribution in [2.45, 2.75) is 13.5 Å². The summed E-state index contributed by atoms with van der Waals surface area (Å²) in [6.07, 6.45) is 1.63. The van der Waals surface area contributed by atoms with Crippen molar-refractivity contribution in [2.24, 2.45) is 7.05 Å². The number of nitrogens with zero attached hydrogens (tertiary/aromatic N) is 2. The molecule has 0 spiro atoms. The monoisotopic (exact) mass is 198 g/mol. The van der Waals surface area contributed by atoms with Gasteiger partial charge in [0.1, 0.15) is 11.3 Å². The maximum absolute atomic E-state index is 11.4. The highest BCUT2D eigenvalue weighted by molar-refractivity contribution is 5.90. The van der Waals surface area contributed by atoms with Crippen molar-refractivity contribution in [3.8, 4) is 0 Å². The fourth-order valence-corrected chi connectivity index (χ4v) is 1.16. The smallest absolute Gasteiger partial charge is 0.341 e. The fraction of sp³-hybridized carbons (Fsp3) is 0.556. The van der Waals surface area contributed by atoms with E-state index in [-0.39, 0.29) is 5.97 Å². The molecule has 14 heavy (non-hydrogen) atoms. The van der Waals surface area contributed by atoms with Gasteiger partial charge in [-0.3, -0.25) is 4.68 Å². The van der Waals surface area contributed by atoms with Crippen molar-refractivity contribution in [3.05, 3.63) is 17.5 Å². The second-order valence-electron chi connectivity index (χ2n) is 2.82. The molecule has 1 heterocycles. The van der Waals surface area contributed by atoms with Crippen molar-refractivity contribution in [2.75, 3.05) is 13.7 Å². The zero-order valence-corrected chi connectivity index (χ0v) is 8.61. The molecule has 0 radical (unpaired) electrons. The zero-order valence-electron chi connectivity index (χ0n) is 8.61. The van der Waals surface area contributed by atoms with Gasteiger partial charge in [0.2, 0.25) is 0 Å². The van der Waals surface area contributed by atoms with Crippen LogP contribution in [0.4, 0.5) is 0 Å². The molecule has 1 aromatic heterocycles. The lowest BCUT2D eigenvalue weighted by molar-refractivity contribution is 0.0521. The van der Waals surface area contributed by atoms with E-state index in [0.717, 1.165) is 0 Å². The topological polar surface area (TPSA) is 53.4 Å². The van der Waals surface area contributed by atoms with Gasteiger partial charge in [0.05, 0.1) is 13.2 Å².